The van der Waals surface area contributed by atoms with Gasteiger partial charge in [-0.05, 0) is 25.1 Å². The van der Waals surface area contributed by atoms with Gasteiger partial charge in [0.05, 0.1) is 5.92 Å². The summed E-state index contributed by atoms with van der Waals surface area (Å²) in [6.45, 7) is 4.82. The van der Waals surface area contributed by atoms with E-state index in [1.807, 2.05) is 18.2 Å². The lowest BCUT2D eigenvalue weighted by molar-refractivity contribution is 0.252. The van der Waals surface area contributed by atoms with Crippen LogP contribution in [0.2, 0.25) is 0 Å². The first kappa shape index (κ1) is 11.9. The third-order valence-electron chi connectivity index (χ3n) is 4.38. The van der Waals surface area contributed by atoms with Gasteiger partial charge in [0.15, 0.2) is 5.82 Å². The molecule has 5 heteroatoms. The molecule has 2 unspecified atom stereocenters. The van der Waals surface area contributed by atoms with Gasteiger partial charge in [-0.2, -0.15) is 4.98 Å². The van der Waals surface area contributed by atoms with Gasteiger partial charge < -0.3 is 14.6 Å². The predicted molar refractivity (Wildman–Crippen MR) is 72.9 cm³/mol. The van der Waals surface area contributed by atoms with Gasteiger partial charge in [-0.3, -0.25) is 0 Å². The van der Waals surface area contributed by atoms with E-state index in [4.69, 9.17) is 9.26 Å². The molecule has 0 spiro atoms. The maximum atomic E-state index is 5.68. The summed E-state index contributed by atoms with van der Waals surface area (Å²) in [5.41, 5.74) is 1.15. The lowest BCUT2D eigenvalue weighted by Crippen LogP contribution is -2.44. The van der Waals surface area contributed by atoms with Crippen LogP contribution in [-0.4, -0.2) is 29.8 Å². The molecule has 1 aromatic carbocycles. The average molecular weight is 271 g/mol. The molecule has 1 aromatic heterocycles. The van der Waals surface area contributed by atoms with Crippen LogP contribution in [0.3, 0.4) is 0 Å². The summed E-state index contributed by atoms with van der Waals surface area (Å²) in [6.07, 6.45) is 0. The highest BCUT2D eigenvalue weighted by atomic mass is 16.5. The Morgan fingerprint density at radius 1 is 1.30 bits per heavy atom. The van der Waals surface area contributed by atoms with Crippen molar-refractivity contribution in [3.05, 3.63) is 41.5 Å². The molecule has 0 amide bonds. The molecule has 2 aromatic rings. The van der Waals surface area contributed by atoms with Crippen LogP contribution in [0.4, 0.5) is 0 Å². The summed E-state index contributed by atoms with van der Waals surface area (Å²) < 4.78 is 11.1. The number of ether oxygens (including phenoxy) is 1. The number of aromatic nitrogens is 2. The molecule has 0 saturated carbocycles. The molecule has 5 nitrogen and oxygen atoms in total. The number of benzene rings is 1. The van der Waals surface area contributed by atoms with Gasteiger partial charge in [0, 0.05) is 11.5 Å². The zero-order valence-electron chi connectivity index (χ0n) is 11.4. The van der Waals surface area contributed by atoms with Crippen molar-refractivity contribution in [2.24, 2.45) is 5.92 Å². The molecule has 1 N–H and O–H groups in total. The zero-order valence-corrected chi connectivity index (χ0v) is 11.4. The normalized spacial score (nSPS) is 22.9. The number of rotatable bonds is 3. The summed E-state index contributed by atoms with van der Waals surface area (Å²) in [5.74, 6) is 3.43. The Morgan fingerprint density at radius 3 is 2.95 bits per heavy atom. The van der Waals surface area contributed by atoms with E-state index in [9.17, 15) is 0 Å². The summed E-state index contributed by atoms with van der Waals surface area (Å²) in [4.78, 5) is 4.61. The SMILES string of the molecule is CC(c1nc(C2COc3ccccc32)no1)C1CNC1. The Morgan fingerprint density at radius 2 is 2.15 bits per heavy atom. The van der Waals surface area contributed by atoms with Gasteiger partial charge in [-0.25, -0.2) is 0 Å². The number of hydrogen-bond acceptors (Lipinski definition) is 5. The van der Waals surface area contributed by atoms with E-state index >= 15 is 0 Å². The molecule has 2 aliphatic heterocycles. The van der Waals surface area contributed by atoms with Crippen molar-refractivity contribution in [3.63, 3.8) is 0 Å². The number of nitrogens with one attached hydrogen (secondary N) is 1. The first-order valence-corrected chi connectivity index (χ1v) is 7.09. The molecule has 4 rings (SSSR count). The van der Waals surface area contributed by atoms with E-state index in [-0.39, 0.29) is 5.92 Å². The molecule has 3 heterocycles. The Kier molecular flexibility index (Phi) is 2.73. The van der Waals surface area contributed by atoms with Crippen LogP contribution in [0.15, 0.2) is 28.8 Å². The highest BCUT2D eigenvalue weighted by Crippen LogP contribution is 2.37. The van der Waals surface area contributed by atoms with Crippen molar-refractivity contribution in [1.82, 2.24) is 15.5 Å². The monoisotopic (exact) mass is 271 g/mol. The van der Waals surface area contributed by atoms with E-state index in [0.717, 1.165) is 36.1 Å². The average Bonchev–Trinajstić information content (AvgIpc) is 3.03. The lowest BCUT2D eigenvalue weighted by atomic mass is 9.89. The van der Waals surface area contributed by atoms with E-state index < -0.39 is 0 Å². The largest absolute Gasteiger partial charge is 0.492 e. The second-order valence-corrected chi connectivity index (χ2v) is 5.60. The smallest absolute Gasteiger partial charge is 0.229 e. The third kappa shape index (κ3) is 1.81. The van der Waals surface area contributed by atoms with Crippen LogP contribution in [0.1, 0.15) is 36.0 Å². The molecule has 1 saturated heterocycles. The minimum atomic E-state index is 0.0930. The number of hydrogen-bond donors (Lipinski definition) is 1. The fourth-order valence-electron chi connectivity index (χ4n) is 2.82. The van der Waals surface area contributed by atoms with E-state index in [1.54, 1.807) is 0 Å². The van der Waals surface area contributed by atoms with Crippen molar-refractivity contribution >= 4 is 0 Å². The van der Waals surface area contributed by atoms with Gasteiger partial charge in [-0.1, -0.05) is 30.3 Å². The lowest BCUT2D eigenvalue weighted by Gasteiger charge is -2.30. The van der Waals surface area contributed by atoms with Crippen LogP contribution >= 0.6 is 0 Å². The molecule has 0 aliphatic carbocycles. The molecule has 0 radical (unpaired) electrons. The van der Waals surface area contributed by atoms with E-state index in [1.165, 1.54) is 0 Å². The predicted octanol–water partition coefficient (Wildman–Crippen LogP) is 1.92. The number of para-hydroxylation sites is 1. The number of nitrogens with zero attached hydrogens (tertiary/aromatic N) is 2. The third-order valence-corrected chi connectivity index (χ3v) is 4.38. The van der Waals surface area contributed by atoms with Crippen molar-refractivity contribution in [1.29, 1.82) is 0 Å². The molecular formula is C15H17N3O2. The van der Waals surface area contributed by atoms with Crippen LogP contribution < -0.4 is 10.1 Å². The highest BCUT2D eigenvalue weighted by Gasteiger charge is 2.32. The van der Waals surface area contributed by atoms with Gasteiger partial charge in [0.25, 0.3) is 0 Å². The van der Waals surface area contributed by atoms with Crippen molar-refractivity contribution in [2.75, 3.05) is 19.7 Å². The highest BCUT2D eigenvalue weighted by molar-refractivity contribution is 5.42. The van der Waals surface area contributed by atoms with Gasteiger partial charge in [-0.15, -0.1) is 0 Å². The Hall–Kier alpha value is -1.88. The van der Waals surface area contributed by atoms with Crippen LogP contribution in [-0.2, 0) is 0 Å². The minimum absolute atomic E-state index is 0.0930. The van der Waals surface area contributed by atoms with Crippen molar-refractivity contribution < 1.29 is 9.26 Å². The summed E-state index contributed by atoms with van der Waals surface area (Å²) in [5, 5.41) is 7.45. The fourth-order valence-corrected chi connectivity index (χ4v) is 2.82. The molecule has 2 aliphatic rings. The second-order valence-electron chi connectivity index (χ2n) is 5.60. The Labute approximate surface area is 117 Å². The topological polar surface area (TPSA) is 60.2 Å². The molecule has 20 heavy (non-hydrogen) atoms. The Balaban J connectivity index is 1.59. The maximum absolute atomic E-state index is 5.68. The number of fused-ring (bicyclic) bond motifs is 1. The van der Waals surface area contributed by atoms with Gasteiger partial charge in [0.1, 0.15) is 12.4 Å². The minimum Gasteiger partial charge on any atom is -0.492 e. The molecule has 0 bridgehead atoms. The van der Waals surface area contributed by atoms with E-state index in [0.29, 0.717) is 18.4 Å². The summed E-state index contributed by atoms with van der Waals surface area (Å²) >= 11 is 0. The molecule has 2 atom stereocenters. The second kappa shape index (κ2) is 4.59. The van der Waals surface area contributed by atoms with Gasteiger partial charge in [0.2, 0.25) is 5.89 Å². The van der Waals surface area contributed by atoms with Crippen LogP contribution in [0, 0.1) is 5.92 Å². The Bertz CT molecular complexity index is 621. The maximum Gasteiger partial charge on any atom is 0.229 e. The first-order valence-electron chi connectivity index (χ1n) is 7.09. The first-order chi connectivity index (χ1) is 9.83. The van der Waals surface area contributed by atoms with E-state index in [2.05, 4.69) is 28.4 Å². The molecule has 104 valence electrons. The molecule has 1 fully saturated rings. The van der Waals surface area contributed by atoms with Crippen LogP contribution in [0.25, 0.3) is 0 Å². The fraction of sp³-hybridized carbons (Fsp3) is 0.467. The van der Waals surface area contributed by atoms with Gasteiger partial charge >= 0.3 is 0 Å². The summed E-state index contributed by atoms with van der Waals surface area (Å²) in [6, 6.07) is 8.06. The molecular weight excluding hydrogens is 254 g/mol. The van der Waals surface area contributed by atoms with Crippen LogP contribution in [0.5, 0.6) is 5.75 Å². The zero-order chi connectivity index (χ0) is 13.5. The quantitative estimate of drug-likeness (QED) is 0.924. The standard InChI is InChI=1S/C15H17N3O2/c1-9(10-6-16-7-10)15-17-14(18-20-15)12-8-19-13-5-3-2-4-11(12)13/h2-5,9-10,12,16H,6-8H2,1H3. The van der Waals surface area contributed by atoms with Crippen molar-refractivity contribution in [3.8, 4) is 5.75 Å². The van der Waals surface area contributed by atoms with Crippen molar-refractivity contribution in [2.45, 2.75) is 18.8 Å². The summed E-state index contributed by atoms with van der Waals surface area (Å²) in [7, 11) is 0.